The van der Waals surface area contributed by atoms with Gasteiger partial charge in [0.25, 0.3) is 0 Å². The van der Waals surface area contributed by atoms with Crippen LogP contribution in [0.15, 0.2) is 0 Å². The summed E-state index contributed by atoms with van der Waals surface area (Å²) < 4.78 is 0. The van der Waals surface area contributed by atoms with Gasteiger partial charge in [-0.05, 0) is 24.0 Å². The monoisotopic (exact) mass is 261 g/mol. The van der Waals surface area contributed by atoms with Crippen LogP contribution in [-0.2, 0) is 4.79 Å². The lowest BCUT2D eigenvalue weighted by Crippen LogP contribution is -2.35. The van der Waals surface area contributed by atoms with Gasteiger partial charge >= 0.3 is 0 Å². The Balaban J connectivity index is 3.56. The van der Waals surface area contributed by atoms with Crippen molar-refractivity contribution < 1.29 is 9.90 Å². The van der Waals surface area contributed by atoms with E-state index in [-0.39, 0.29) is 11.3 Å². The van der Waals surface area contributed by atoms with Crippen LogP contribution in [0.3, 0.4) is 0 Å². The maximum absolute atomic E-state index is 11.4. The summed E-state index contributed by atoms with van der Waals surface area (Å²) in [7, 11) is 0. The first kappa shape index (κ1) is 16.8. The number of hydrogen-bond acceptors (Lipinski definition) is 3. The van der Waals surface area contributed by atoms with Crippen molar-refractivity contribution in [3.8, 4) is 0 Å². The maximum Gasteiger partial charge on any atom is 0.230 e. The average molecular weight is 261 g/mol. The molecule has 0 aromatic heterocycles. The summed E-state index contributed by atoms with van der Waals surface area (Å²) in [5.41, 5.74) is 0.0972. The number of hydrogen-bond donors (Lipinski definition) is 2. The number of unbranched alkanes of at least 4 members (excludes halogenated alkanes) is 1. The van der Waals surface area contributed by atoms with Crippen LogP contribution < -0.4 is 5.32 Å². The van der Waals surface area contributed by atoms with E-state index < -0.39 is 6.10 Å². The number of aliphatic hydroxyl groups is 1. The molecule has 0 aromatic carbocycles. The number of rotatable bonds is 8. The predicted molar refractivity (Wildman–Crippen MR) is 75.3 cm³/mol. The largest absolute Gasteiger partial charge is 0.391 e. The van der Waals surface area contributed by atoms with E-state index in [4.69, 9.17) is 0 Å². The van der Waals surface area contributed by atoms with E-state index in [2.05, 4.69) is 33.0 Å². The van der Waals surface area contributed by atoms with Crippen LogP contribution in [0.1, 0.15) is 47.0 Å². The minimum absolute atomic E-state index is 0.0269. The molecule has 0 heterocycles. The highest BCUT2D eigenvalue weighted by molar-refractivity contribution is 7.99. The van der Waals surface area contributed by atoms with Crippen molar-refractivity contribution >= 4 is 17.7 Å². The third-order valence-corrected chi connectivity index (χ3v) is 3.30. The molecule has 102 valence electrons. The summed E-state index contributed by atoms with van der Waals surface area (Å²) in [6, 6.07) is 0. The highest BCUT2D eigenvalue weighted by Gasteiger charge is 2.16. The summed E-state index contributed by atoms with van der Waals surface area (Å²) >= 11 is 1.66. The van der Waals surface area contributed by atoms with Gasteiger partial charge in [-0.15, -0.1) is 0 Å². The van der Waals surface area contributed by atoms with Crippen molar-refractivity contribution in [2.75, 3.05) is 18.1 Å². The fraction of sp³-hybridized carbons (Fsp3) is 0.923. The third-order valence-electron chi connectivity index (χ3n) is 2.26. The lowest BCUT2D eigenvalue weighted by molar-refractivity contribution is -0.119. The molecule has 0 rings (SSSR count). The normalized spacial score (nSPS) is 13.5. The fourth-order valence-electron chi connectivity index (χ4n) is 1.47. The number of nitrogens with one attached hydrogen (secondary N) is 1. The summed E-state index contributed by atoms with van der Waals surface area (Å²) in [5.74, 6) is 1.57. The lowest BCUT2D eigenvalue weighted by atomic mass is 9.89. The Bertz CT molecular complexity index is 214. The fourth-order valence-corrected chi connectivity index (χ4v) is 2.40. The first-order chi connectivity index (χ1) is 7.85. The zero-order valence-corrected chi connectivity index (χ0v) is 12.4. The molecule has 0 aliphatic heterocycles. The molecule has 4 heteroatoms. The van der Waals surface area contributed by atoms with Gasteiger partial charge in [-0.3, -0.25) is 4.79 Å². The lowest BCUT2D eigenvalue weighted by Gasteiger charge is -2.22. The van der Waals surface area contributed by atoms with Crippen molar-refractivity contribution in [2.24, 2.45) is 5.41 Å². The molecule has 0 fully saturated rings. The van der Waals surface area contributed by atoms with Crippen molar-refractivity contribution in [1.29, 1.82) is 0 Å². The Morgan fingerprint density at radius 2 is 2.06 bits per heavy atom. The molecule has 0 bridgehead atoms. The Morgan fingerprint density at radius 3 is 2.59 bits per heavy atom. The predicted octanol–water partition coefficient (Wildman–Crippen LogP) is 2.43. The van der Waals surface area contributed by atoms with Gasteiger partial charge in [0.1, 0.15) is 0 Å². The summed E-state index contributed by atoms with van der Waals surface area (Å²) in [4.78, 5) is 11.4. The standard InChI is InChI=1S/C13H27NO2S/c1-5-6-7-17-10-12(16)14-9-11(15)8-13(2,3)4/h11,15H,5-10H2,1-4H3,(H,14,16). The smallest absolute Gasteiger partial charge is 0.230 e. The molecule has 2 N–H and O–H groups in total. The Hall–Kier alpha value is -0.220. The zero-order chi connectivity index (χ0) is 13.3. The molecular formula is C13H27NO2S. The van der Waals surface area contributed by atoms with Gasteiger partial charge in [0.05, 0.1) is 11.9 Å². The van der Waals surface area contributed by atoms with Crippen molar-refractivity contribution in [1.82, 2.24) is 5.32 Å². The molecule has 3 nitrogen and oxygen atoms in total. The molecule has 1 amide bonds. The summed E-state index contributed by atoms with van der Waals surface area (Å²) in [6.07, 6.45) is 2.58. The van der Waals surface area contributed by atoms with Crippen LogP contribution >= 0.6 is 11.8 Å². The number of aliphatic hydroxyl groups excluding tert-OH is 1. The van der Waals surface area contributed by atoms with Crippen LogP contribution in [0.4, 0.5) is 0 Å². The van der Waals surface area contributed by atoms with E-state index in [1.165, 1.54) is 6.42 Å². The number of carbonyl (C=O) groups excluding carboxylic acids is 1. The Morgan fingerprint density at radius 1 is 1.41 bits per heavy atom. The van der Waals surface area contributed by atoms with Crippen LogP contribution in [0, 0.1) is 5.41 Å². The Labute approximate surface area is 110 Å². The quantitative estimate of drug-likeness (QED) is 0.660. The van der Waals surface area contributed by atoms with E-state index in [1.807, 2.05) is 0 Å². The molecule has 0 saturated carbocycles. The number of thioether (sulfide) groups is 1. The minimum atomic E-state index is -0.445. The van der Waals surface area contributed by atoms with Gasteiger partial charge in [-0.2, -0.15) is 11.8 Å². The van der Waals surface area contributed by atoms with Crippen molar-refractivity contribution in [3.05, 3.63) is 0 Å². The van der Waals surface area contributed by atoms with E-state index in [0.717, 1.165) is 12.2 Å². The second kappa shape index (κ2) is 8.81. The van der Waals surface area contributed by atoms with Gasteiger partial charge in [0.2, 0.25) is 5.91 Å². The second-order valence-electron chi connectivity index (χ2n) is 5.63. The molecule has 0 spiro atoms. The first-order valence-electron chi connectivity index (χ1n) is 6.37. The van der Waals surface area contributed by atoms with E-state index in [1.54, 1.807) is 11.8 Å². The first-order valence-corrected chi connectivity index (χ1v) is 7.53. The molecule has 17 heavy (non-hydrogen) atoms. The third kappa shape index (κ3) is 12.0. The molecule has 0 aliphatic carbocycles. The molecule has 0 aromatic rings. The van der Waals surface area contributed by atoms with E-state index in [0.29, 0.717) is 18.7 Å². The molecule has 1 atom stereocenters. The Kier molecular flexibility index (Phi) is 8.70. The van der Waals surface area contributed by atoms with Gasteiger partial charge in [0.15, 0.2) is 0 Å². The van der Waals surface area contributed by atoms with E-state index in [9.17, 15) is 9.90 Å². The minimum Gasteiger partial charge on any atom is -0.391 e. The maximum atomic E-state index is 11.4. The highest BCUT2D eigenvalue weighted by Crippen LogP contribution is 2.20. The van der Waals surface area contributed by atoms with Gasteiger partial charge < -0.3 is 10.4 Å². The SMILES string of the molecule is CCCCSCC(=O)NCC(O)CC(C)(C)C. The molecule has 0 aliphatic rings. The number of amides is 1. The van der Waals surface area contributed by atoms with Crippen LogP contribution in [0.25, 0.3) is 0 Å². The van der Waals surface area contributed by atoms with Gasteiger partial charge in [0, 0.05) is 6.54 Å². The highest BCUT2D eigenvalue weighted by atomic mass is 32.2. The molecule has 1 unspecified atom stereocenters. The van der Waals surface area contributed by atoms with Gasteiger partial charge in [-0.1, -0.05) is 34.1 Å². The number of carbonyl (C=O) groups is 1. The zero-order valence-electron chi connectivity index (χ0n) is 11.6. The molecule has 0 radical (unpaired) electrons. The molecular weight excluding hydrogens is 234 g/mol. The van der Waals surface area contributed by atoms with Crippen LogP contribution in [0.5, 0.6) is 0 Å². The van der Waals surface area contributed by atoms with E-state index >= 15 is 0 Å². The van der Waals surface area contributed by atoms with Crippen molar-refractivity contribution in [3.63, 3.8) is 0 Å². The van der Waals surface area contributed by atoms with Crippen LogP contribution in [-0.4, -0.2) is 35.2 Å². The van der Waals surface area contributed by atoms with Crippen LogP contribution in [0.2, 0.25) is 0 Å². The van der Waals surface area contributed by atoms with Gasteiger partial charge in [-0.25, -0.2) is 0 Å². The summed E-state index contributed by atoms with van der Waals surface area (Å²) in [6.45, 7) is 8.75. The molecule has 0 saturated heterocycles. The summed E-state index contributed by atoms with van der Waals surface area (Å²) in [5, 5.41) is 12.5. The second-order valence-corrected chi connectivity index (χ2v) is 6.73. The average Bonchev–Trinajstić information content (AvgIpc) is 2.19. The van der Waals surface area contributed by atoms with Crippen molar-refractivity contribution in [2.45, 2.75) is 53.1 Å². The topological polar surface area (TPSA) is 49.3 Å².